The first kappa shape index (κ1) is 30.5. The summed E-state index contributed by atoms with van der Waals surface area (Å²) in [6.45, 7) is 0. The number of carbonyl (C=O) groups is 2. The monoisotopic (exact) mass is 614 g/mol. The van der Waals surface area contributed by atoms with Crippen molar-refractivity contribution in [3.8, 4) is 17.2 Å². The summed E-state index contributed by atoms with van der Waals surface area (Å²) in [5.74, 6) is 1.48. The van der Waals surface area contributed by atoms with Gasteiger partial charge in [0.1, 0.15) is 22.9 Å². The number of rotatable bonds is 6. The van der Waals surface area contributed by atoms with Crippen LogP contribution in [-0.4, -0.2) is 48.2 Å². The van der Waals surface area contributed by atoms with Crippen LogP contribution in [0.5, 0.6) is 17.2 Å². The van der Waals surface area contributed by atoms with Gasteiger partial charge >= 0.3 is 5.97 Å². The largest absolute Gasteiger partial charge is 0.507 e. The van der Waals surface area contributed by atoms with Crippen molar-refractivity contribution in [2.45, 2.75) is 25.7 Å². The fourth-order valence-corrected chi connectivity index (χ4v) is 6.40. The molecule has 232 valence electrons. The smallest absolute Gasteiger partial charge is 0.356 e. The number of hydrogen-bond donors (Lipinski definition) is 1. The molecule has 0 fully saturated rings. The zero-order valence-corrected chi connectivity index (χ0v) is 25.9. The van der Waals surface area contributed by atoms with Crippen LogP contribution in [0.4, 0.5) is 0 Å². The maximum Gasteiger partial charge on any atom is 0.356 e. The van der Waals surface area contributed by atoms with Crippen molar-refractivity contribution in [1.82, 2.24) is 9.97 Å². The van der Waals surface area contributed by atoms with Crippen LogP contribution in [0.25, 0.3) is 27.1 Å². The molecule has 46 heavy (non-hydrogen) atoms. The molecule has 1 N–H and O–H groups in total. The molecule has 1 atom stereocenters. The zero-order valence-electron chi connectivity index (χ0n) is 25.9. The van der Waals surface area contributed by atoms with E-state index in [4.69, 9.17) is 9.47 Å². The highest BCUT2D eigenvalue weighted by atomic mass is 16.5. The maximum absolute atomic E-state index is 12.9. The summed E-state index contributed by atoms with van der Waals surface area (Å²) >= 11 is 0. The first-order valence-electron chi connectivity index (χ1n) is 15.1. The first-order chi connectivity index (χ1) is 22.4. The Balaban J connectivity index is 0.000000221. The van der Waals surface area contributed by atoms with E-state index in [0.717, 1.165) is 75.4 Å². The summed E-state index contributed by atoms with van der Waals surface area (Å²) in [5.41, 5.74) is 6.05. The van der Waals surface area contributed by atoms with Crippen LogP contribution in [0.1, 0.15) is 40.0 Å². The molecule has 0 radical (unpaired) electrons. The summed E-state index contributed by atoms with van der Waals surface area (Å²) in [6, 6.07) is 19.2. The molecule has 3 aromatic carbocycles. The Labute approximate surface area is 267 Å². The van der Waals surface area contributed by atoms with Crippen LogP contribution in [0.2, 0.25) is 0 Å². The number of fused-ring (bicyclic) bond motifs is 5. The van der Waals surface area contributed by atoms with E-state index in [-0.39, 0.29) is 11.7 Å². The molecule has 0 spiro atoms. The average Bonchev–Trinajstić information content (AvgIpc) is 3.10. The number of aromatic hydroxyl groups is 1. The predicted octanol–water partition coefficient (Wildman–Crippen LogP) is 7.07. The van der Waals surface area contributed by atoms with E-state index in [1.807, 2.05) is 42.5 Å². The molecule has 0 aliphatic heterocycles. The number of nitrogens with zero attached hydrogens (tertiary/aromatic N) is 2. The molecule has 2 aliphatic rings. The van der Waals surface area contributed by atoms with E-state index in [9.17, 15) is 14.7 Å². The summed E-state index contributed by atoms with van der Waals surface area (Å²) in [6.07, 6.45) is 11.8. The van der Waals surface area contributed by atoms with Gasteiger partial charge in [0.25, 0.3) is 0 Å². The van der Waals surface area contributed by atoms with E-state index >= 15 is 0 Å². The number of esters is 1. The molecule has 0 saturated heterocycles. The van der Waals surface area contributed by atoms with E-state index in [2.05, 4.69) is 26.8 Å². The van der Waals surface area contributed by atoms with Crippen LogP contribution in [-0.2, 0) is 22.4 Å². The molecule has 2 aliphatic carbocycles. The number of ether oxygens (including phenoxy) is 3. The molecule has 8 nitrogen and oxygen atoms in total. The van der Waals surface area contributed by atoms with Gasteiger partial charge in [-0.15, -0.1) is 0 Å². The number of hydrogen-bond acceptors (Lipinski definition) is 8. The fourth-order valence-electron chi connectivity index (χ4n) is 6.40. The Hall–Kier alpha value is -5.50. The third-order valence-electron chi connectivity index (χ3n) is 8.70. The minimum Gasteiger partial charge on any atom is -0.507 e. The van der Waals surface area contributed by atoms with E-state index < -0.39 is 5.97 Å². The van der Waals surface area contributed by atoms with Gasteiger partial charge < -0.3 is 19.3 Å². The Kier molecular flexibility index (Phi) is 8.79. The Bertz CT molecular complexity index is 2030. The minimum absolute atomic E-state index is 0.130. The summed E-state index contributed by atoms with van der Waals surface area (Å²) in [4.78, 5) is 32.0. The zero-order chi connectivity index (χ0) is 32.2. The SMILES string of the molecule is COC(=O)c1cc2ccncc2cn1.COc1ccc(CCC2C(=O)C=CC3=C2CCc2c3ccc3cccc(O)c23)c(OC)c1. The van der Waals surface area contributed by atoms with Crippen molar-refractivity contribution < 1.29 is 28.9 Å². The molecular formula is C38H34N2O6. The normalized spacial score (nSPS) is 15.1. The van der Waals surface area contributed by atoms with Crippen molar-refractivity contribution in [2.75, 3.05) is 21.3 Å². The van der Waals surface area contributed by atoms with Gasteiger partial charge in [0.15, 0.2) is 5.78 Å². The molecule has 2 aromatic heterocycles. The van der Waals surface area contributed by atoms with Crippen molar-refractivity contribution in [2.24, 2.45) is 5.92 Å². The highest BCUT2D eigenvalue weighted by molar-refractivity contribution is 6.04. The van der Waals surface area contributed by atoms with Gasteiger partial charge in [-0.2, -0.15) is 0 Å². The lowest BCUT2D eigenvalue weighted by molar-refractivity contribution is -0.117. The van der Waals surface area contributed by atoms with Crippen LogP contribution in [0.3, 0.4) is 0 Å². The lowest BCUT2D eigenvalue weighted by Crippen LogP contribution is -2.23. The Morgan fingerprint density at radius 3 is 2.59 bits per heavy atom. The molecule has 5 aromatic rings. The standard InChI is InChI=1S/C28H26O4.C10H8N2O2/c1-31-19-9-6-17(27(16-19)32-2)7-11-23-21-12-13-24-22(20(21)14-15-25(23)29)10-8-18-4-3-5-26(30)28(18)24;1-14-10(13)9-4-7-2-3-11-5-8(7)6-12-9/h3-6,8-10,14-16,23,30H,7,11-13H2,1-2H3;2-6H,1H3. The molecular weight excluding hydrogens is 580 g/mol. The van der Waals surface area contributed by atoms with Gasteiger partial charge in [0, 0.05) is 41.3 Å². The number of phenols is 1. The van der Waals surface area contributed by atoms with Gasteiger partial charge in [0.2, 0.25) is 0 Å². The van der Waals surface area contributed by atoms with Crippen molar-refractivity contribution in [3.63, 3.8) is 0 Å². The van der Waals surface area contributed by atoms with Gasteiger partial charge in [-0.3, -0.25) is 9.78 Å². The molecule has 2 heterocycles. The molecule has 7 rings (SSSR count). The fraction of sp³-hybridized carbons (Fsp3) is 0.211. The van der Waals surface area contributed by atoms with Crippen molar-refractivity contribution in [1.29, 1.82) is 0 Å². The van der Waals surface area contributed by atoms with Crippen LogP contribution in [0, 0.1) is 5.92 Å². The first-order valence-corrected chi connectivity index (χ1v) is 15.1. The lowest BCUT2D eigenvalue weighted by Gasteiger charge is -2.30. The van der Waals surface area contributed by atoms with E-state index in [1.54, 1.807) is 51.0 Å². The summed E-state index contributed by atoms with van der Waals surface area (Å²) in [5, 5.41) is 14.3. The second-order valence-corrected chi connectivity index (χ2v) is 11.2. The van der Waals surface area contributed by atoms with Gasteiger partial charge in [-0.05, 0) is 89.1 Å². The highest BCUT2D eigenvalue weighted by Gasteiger charge is 2.31. The molecule has 8 heteroatoms. The molecule has 0 amide bonds. The lowest BCUT2D eigenvalue weighted by atomic mass is 9.73. The number of allylic oxidation sites excluding steroid dienone is 4. The minimum atomic E-state index is -0.427. The second-order valence-electron chi connectivity index (χ2n) is 11.2. The van der Waals surface area contributed by atoms with Crippen LogP contribution >= 0.6 is 0 Å². The quantitative estimate of drug-likeness (QED) is 0.203. The number of pyridine rings is 2. The van der Waals surface area contributed by atoms with Crippen molar-refractivity contribution >= 4 is 38.9 Å². The predicted molar refractivity (Wildman–Crippen MR) is 177 cm³/mol. The second kappa shape index (κ2) is 13.2. The Morgan fingerprint density at radius 1 is 0.913 bits per heavy atom. The number of carbonyl (C=O) groups excluding carboxylic acids is 2. The van der Waals surface area contributed by atoms with Crippen LogP contribution in [0.15, 0.2) is 97.0 Å². The van der Waals surface area contributed by atoms with Gasteiger partial charge in [-0.25, -0.2) is 9.78 Å². The summed E-state index contributed by atoms with van der Waals surface area (Å²) in [7, 11) is 4.63. The Morgan fingerprint density at radius 2 is 1.78 bits per heavy atom. The number of aryl methyl sites for hydroxylation is 2. The average molecular weight is 615 g/mol. The van der Waals surface area contributed by atoms with Crippen LogP contribution < -0.4 is 9.47 Å². The maximum atomic E-state index is 12.9. The third kappa shape index (κ3) is 5.94. The summed E-state index contributed by atoms with van der Waals surface area (Å²) < 4.78 is 15.4. The number of methoxy groups -OCH3 is 3. The third-order valence-corrected chi connectivity index (χ3v) is 8.70. The van der Waals surface area contributed by atoms with E-state index in [1.165, 1.54) is 18.2 Å². The molecule has 0 saturated carbocycles. The number of ketones is 1. The number of benzene rings is 3. The number of aromatic nitrogens is 2. The molecule has 0 bridgehead atoms. The molecule has 1 unspecified atom stereocenters. The topological polar surface area (TPSA) is 108 Å². The van der Waals surface area contributed by atoms with Gasteiger partial charge in [0.05, 0.1) is 21.3 Å². The van der Waals surface area contributed by atoms with Gasteiger partial charge in [-0.1, -0.05) is 42.0 Å². The van der Waals surface area contributed by atoms with Crippen molar-refractivity contribution in [3.05, 3.63) is 119 Å². The van der Waals surface area contributed by atoms with E-state index in [0.29, 0.717) is 11.4 Å². The number of phenolic OH excluding ortho intramolecular Hbond substituents is 1. The highest BCUT2D eigenvalue weighted by Crippen LogP contribution is 2.44.